The highest BCUT2D eigenvalue weighted by Gasteiger charge is 2.34. The molecule has 0 saturated heterocycles. The first-order valence-corrected chi connectivity index (χ1v) is 6.90. The Balaban J connectivity index is 2.30. The molecule has 20 heavy (non-hydrogen) atoms. The van der Waals surface area contributed by atoms with E-state index in [0.29, 0.717) is 12.2 Å². The zero-order chi connectivity index (χ0) is 14.5. The van der Waals surface area contributed by atoms with E-state index in [4.69, 9.17) is 4.74 Å². The lowest BCUT2D eigenvalue weighted by atomic mass is 9.76. The van der Waals surface area contributed by atoms with Crippen LogP contribution in [0.15, 0.2) is 24.3 Å². The van der Waals surface area contributed by atoms with Crippen LogP contribution in [0.3, 0.4) is 0 Å². The molecule has 5 nitrogen and oxygen atoms in total. The number of ketones is 1. The van der Waals surface area contributed by atoms with Crippen LogP contribution in [0.1, 0.15) is 37.2 Å². The van der Waals surface area contributed by atoms with Gasteiger partial charge in [-0.15, -0.1) is 0 Å². The van der Waals surface area contributed by atoms with Crippen LogP contribution in [0, 0.1) is 16.0 Å². The van der Waals surface area contributed by atoms with Gasteiger partial charge in [0.05, 0.1) is 13.0 Å². The summed E-state index contributed by atoms with van der Waals surface area (Å²) in [5, 5.41) is 10.9. The standard InChI is InChI=1S/C15H19NO4/c1-20-12-6-4-5-11(9-12)14(10-16(18)19)13-7-2-3-8-15(13)17/h4-6,9,13-14H,2-3,7-8,10H2,1H3/t13-,14+/m1/s1. The molecule has 1 saturated carbocycles. The Morgan fingerprint density at radius 1 is 1.45 bits per heavy atom. The molecule has 5 heteroatoms. The fraction of sp³-hybridized carbons (Fsp3) is 0.533. The van der Waals surface area contributed by atoms with Gasteiger partial charge in [-0.3, -0.25) is 14.9 Å². The van der Waals surface area contributed by atoms with Crippen LogP contribution in [-0.2, 0) is 4.79 Å². The summed E-state index contributed by atoms with van der Waals surface area (Å²) in [6.45, 7) is -0.205. The van der Waals surface area contributed by atoms with Gasteiger partial charge < -0.3 is 4.74 Å². The van der Waals surface area contributed by atoms with Crippen molar-refractivity contribution in [1.29, 1.82) is 0 Å². The number of hydrogen-bond acceptors (Lipinski definition) is 4. The van der Waals surface area contributed by atoms with Crippen LogP contribution in [0.25, 0.3) is 0 Å². The van der Waals surface area contributed by atoms with E-state index in [0.717, 1.165) is 24.8 Å². The zero-order valence-corrected chi connectivity index (χ0v) is 11.6. The molecule has 2 atom stereocenters. The first-order valence-electron chi connectivity index (χ1n) is 6.90. The quantitative estimate of drug-likeness (QED) is 0.613. The van der Waals surface area contributed by atoms with Crippen molar-refractivity contribution in [3.05, 3.63) is 39.9 Å². The van der Waals surface area contributed by atoms with E-state index in [1.54, 1.807) is 19.2 Å². The van der Waals surface area contributed by atoms with Crippen LogP contribution in [0.4, 0.5) is 0 Å². The van der Waals surface area contributed by atoms with Crippen molar-refractivity contribution < 1.29 is 14.5 Å². The van der Waals surface area contributed by atoms with Crippen molar-refractivity contribution >= 4 is 5.78 Å². The highest BCUT2D eigenvalue weighted by molar-refractivity contribution is 5.82. The molecular weight excluding hydrogens is 258 g/mol. The molecule has 0 spiro atoms. The van der Waals surface area contributed by atoms with Gasteiger partial charge in [-0.05, 0) is 30.5 Å². The Morgan fingerprint density at radius 3 is 2.90 bits per heavy atom. The minimum Gasteiger partial charge on any atom is -0.497 e. The summed E-state index contributed by atoms with van der Waals surface area (Å²) in [5.41, 5.74) is 0.821. The molecule has 0 radical (unpaired) electrons. The number of nitro groups is 1. The Hall–Kier alpha value is -1.91. The predicted molar refractivity (Wildman–Crippen MR) is 74.6 cm³/mol. The molecule has 2 rings (SSSR count). The van der Waals surface area contributed by atoms with Crippen molar-refractivity contribution in [2.24, 2.45) is 5.92 Å². The molecule has 1 aromatic carbocycles. The molecule has 0 bridgehead atoms. The van der Waals surface area contributed by atoms with Gasteiger partial charge in [-0.2, -0.15) is 0 Å². The summed E-state index contributed by atoms with van der Waals surface area (Å²) in [6.07, 6.45) is 3.16. The highest BCUT2D eigenvalue weighted by Crippen LogP contribution is 2.35. The van der Waals surface area contributed by atoms with Crippen molar-refractivity contribution in [2.75, 3.05) is 13.7 Å². The van der Waals surface area contributed by atoms with Crippen LogP contribution < -0.4 is 4.74 Å². The van der Waals surface area contributed by atoms with Crippen LogP contribution in [-0.4, -0.2) is 24.4 Å². The molecule has 108 valence electrons. The molecule has 0 aliphatic heterocycles. The second-order valence-electron chi connectivity index (χ2n) is 5.22. The minimum absolute atomic E-state index is 0.158. The number of hydrogen-bond donors (Lipinski definition) is 0. The molecule has 1 fully saturated rings. The maximum absolute atomic E-state index is 12.1. The van der Waals surface area contributed by atoms with E-state index in [1.807, 2.05) is 12.1 Å². The number of rotatable bonds is 5. The van der Waals surface area contributed by atoms with E-state index in [2.05, 4.69) is 0 Å². The molecule has 1 aromatic rings. The highest BCUT2D eigenvalue weighted by atomic mass is 16.6. The molecule has 0 amide bonds. The van der Waals surface area contributed by atoms with Gasteiger partial charge in [0.25, 0.3) is 0 Å². The van der Waals surface area contributed by atoms with E-state index >= 15 is 0 Å². The summed E-state index contributed by atoms with van der Waals surface area (Å²) in [6, 6.07) is 7.26. The molecule has 0 N–H and O–H groups in total. The average molecular weight is 277 g/mol. The maximum Gasteiger partial charge on any atom is 0.211 e. The lowest BCUT2D eigenvalue weighted by molar-refractivity contribution is -0.484. The minimum atomic E-state index is -0.354. The predicted octanol–water partition coefficient (Wildman–Crippen LogP) is 2.81. The van der Waals surface area contributed by atoms with Crippen molar-refractivity contribution in [2.45, 2.75) is 31.6 Å². The van der Waals surface area contributed by atoms with E-state index in [-0.39, 0.29) is 29.1 Å². The maximum atomic E-state index is 12.1. The lowest BCUT2D eigenvalue weighted by Crippen LogP contribution is -2.30. The monoisotopic (exact) mass is 277 g/mol. The first-order chi connectivity index (χ1) is 9.61. The number of benzene rings is 1. The molecule has 1 aliphatic carbocycles. The summed E-state index contributed by atoms with van der Waals surface area (Å²) < 4.78 is 5.17. The van der Waals surface area contributed by atoms with E-state index < -0.39 is 0 Å². The zero-order valence-electron chi connectivity index (χ0n) is 11.6. The smallest absolute Gasteiger partial charge is 0.211 e. The second kappa shape index (κ2) is 6.50. The Kier molecular flexibility index (Phi) is 4.71. The Morgan fingerprint density at radius 2 is 2.25 bits per heavy atom. The summed E-state index contributed by atoms with van der Waals surface area (Å²) in [5.74, 6) is 0.235. The third-order valence-electron chi connectivity index (χ3n) is 3.96. The number of nitrogens with zero attached hydrogens (tertiary/aromatic N) is 1. The summed E-state index contributed by atoms with van der Waals surface area (Å²) >= 11 is 0. The third-order valence-corrected chi connectivity index (χ3v) is 3.96. The first kappa shape index (κ1) is 14.5. The van der Waals surface area contributed by atoms with Crippen LogP contribution >= 0.6 is 0 Å². The van der Waals surface area contributed by atoms with Crippen LogP contribution in [0.2, 0.25) is 0 Å². The third kappa shape index (κ3) is 3.35. The molecule has 0 aromatic heterocycles. The van der Waals surface area contributed by atoms with E-state index in [1.165, 1.54) is 0 Å². The lowest BCUT2D eigenvalue weighted by Gasteiger charge is -2.27. The van der Waals surface area contributed by atoms with Gasteiger partial charge in [0.15, 0.2) is 0 Å². The molecule has 0 unspecified atom stereocenters. The topological polar surface area (TPSA) is 69.4 Å². The molecular formula is C15H19NO4. The van der Waals surface area contributed by atoms with Gasteiger partial charge in [-0.1, -0.05) is 18.6 Å². The fourth-order valence-electron chi connectivity index (χ4n) is 2.93. The van der Waals surface area contributed by atoms with Gasteiger partial charge in [-0.25, -0.2) is 0 Å². The van der Waals surface area contributed by atoms with Gasteiger partial charge in [0, 0.05) is 17.3 Å². The van der Waals surface area contributed by atoms with Crippen LogP contribution in [0.5, 0.6) is 5.75 Å². The summed E-state index contributed by atoms with van der Waals surface area (Å²) in [7, 11) is 1.56. The van der Waals surface area contributed by atoms with Crippen molar-refractivity contribution in [3.8, 4) is 5.75 Å². The number of carbonyl (C=O) groups is 1. The van der Waals surface area contributed by atoms with Gasteiger partial charge >= 0.3 is 0 Å². The largest absolute Gasteiger partial charge is 0.497 e. The Bertz CT molecular complexity index is 500. The van der Waals surface area contributed by atoms with Crippen molar-refractivity contribution in [1.82, 2.24) is 0 Å². The molecule has 1 aliphatic rings. The molecule has 0 heterocycles. The van der Waals surface area contributed by atoms with E-state index in [9.17, 15) is 14.9 Å². The van der Waals surface area contributed by atoms with Gasteiger partial charge in [0.1, 0.15) is 11.5 Å². The number of methoxy groups -OCH3 is 1. The number of Topliss-reactive ketones (excluding diaryl/α,β-unsaturated/α-hetero) is 1. The normalized spacial score (nSPS) is 20.4. The SMILES string of the molecule is COc1cccc([C@H](C[N+](=O)[O-])[C@H]2CCCCC2=O)c1. The van der Waals surface area contributed by atoms with Crippen molar-refractivity contribution in [3.63, 3.8) is 0 Å². The average Bonchev–Trinajstić information content (AvgIpc) is 2.45. The second-order valence-corrected chi connectivity index (χ2v) is 5.22. The fourth-order valence-corrected chi connectivity index (χ4v) is 2.93. The van der Waals surface area contributed by atoms with Gasteiger partial charge in [0.2, 0.25) is 6.54 Å². The number of ether oxygens (including phenoxy) is 1. The Labute approximate surface area is 118 Å². The number of carbonyl (C=O) groups excluding carboxylic acids is 1. The summed E-state index contributed by atoms with van der Waals surface area (Å²) in [4.78, 5) is 22.7.